The zero-order chi connectivity index (χ0) is 17.8. The number of hydrogen-bond acceptors (Lipinski definition) is 3. The number of carbonyl (C=O) groups excluding carboxylic acids is 1. The van der Waals surface area contributed by atoms with Gasteiger partial charge < -0.3 is 10.2 Å². The van der Waals surface area contributed by atoms with Gasteiger partial charge in [-0.3, -0.25) is 9.78 Å². The van der Waals surface area contributed by atoms with E-state index in [1.807, 2.05) is 17.0 Å². The molecule has 1 atom stereocenters. The predicted octanol–water partition coefficient (Wildman–Crippen LogP) is 4.85. The third-order valence-electron chi connectivity index (χ3n) is 5.00. The van der Waals surface area contributed by atoms with Crippen LogP contribution < -0.4 is 5.32 Å². The Labute approximate surface area is 150 Å². The second-order valence-electron chi connectivity index (χ2n) is 6.93. The zero-order valence-electron chi connectivity index (χ0n) is 15.4. The van der Waals surface area contributed by atoms with Gasteiger partial charge in [0.1, 0.15) is 5.69 Å². The van der Waals surface area contributed by atoms with E-state index in [9.17, 15) is 4.79 Å². The Balaban J connectivity index is 1.80. The normalized spacial score (nSPS) is 17.4. The fourth-order valence-electron chi connectivity index (χ4n) is 3.57. The minimum atomic E-state index is 0.0517. The molecule has 1 N–H and O–H groups in total. The highest BCUT2D eigenvalue weighted by atomic mass is 16.2. The number of piperidine rings is 1. The van der Waals surface area contributed by atoms with Crippen molar-refractivity contribution < 1.29 is 4.79 Å². The number of nitrogens with one attached hydrogen (secondary N) is 1. The Morgan fingerprint density at radius 1 is 1.24 bits per heavy atom. The minimum absolute atomic E-state index is 0.0517. The smallest absolute Gasteiger partial charge is 0.272 e. The third kappa shape index (κ3) is 4.01. The lowest BCUT2D eigenvalue weighted by Gasteiger charge is -2.35. The second-order valence-corrected chi connectivity index (χ2v) is 6.93. The Bertz CT molecular complexity index is 757. The number of aromatic nitrogens is 1. The van der Waals surface area contributed by atoms with Crippen molar-refractivity contribution in [2.45, 2.75) is 52.5 Å². The molecule has 1 unspecified atom stereocenters. The third-order valence-corrected chi connectivity index (χ3v) is 5.00. The minimum Gasteiger partial charge on any atom is -0.355 e. The maximum absolute atomic E-state index is 12.9. The van der Waals surface area contributed by atoms with Crippen LogP contribution in [0, 0.1) is 13.8 Å². The van der Waals surface area contributed by atoms with E-state index in [2.05, 4.69) is 49.3 Å². The molecule has 0 radical (unpaired) electrons. The molecule has 4 heteroatoms. The molecule has 132 valence electrons. The number of likely N-dealkylation sites (tertiary alicyclic amines) is 1. The van der Waals surface area contributed by atoms with E-state index in [1.165, 1.54) is 17.5 Å². The molecule has 1 aromatic heterocycles. The summed E-state index contributed by atoms with van der Waals surface area (Å²) in [4.78, 5) is 19.3. The molecule has 1 fully saturated rings. The quantitative estimate of drug-likeness (QED) is 0.867. The van der Waals surface area contributed by atoms with Crippen LogP contribution in [0.2, 0.25) is 0 Å². The molecule has 3 rings (SSSR count). The SMILES string of the molecule is CCC1CCCCN1C(=O)c1cc(Nc2ccc(C)cc2C)ccn1. The first-order chi connectivity index (χ1) is 12.1. The topological polar surface area (TPSA) is 45.2 Å². The first-order valence-electron chi connectivity index (χ1n) is 9.19. The summed E-state index contributed by atoms with van der Waals surface area (Å²) in [7, 11) is 0. The number of amides is 1. The van der Waals surface area contributed by atoms with Crippen molar-refractivity contribution in [2.24, 2.45) is 0 Å². The highest BCUT2D eigenvalue weighted by molar-refractivity contribution is 5.93. The molecule has 0 saturated carbocycles. The van der Waals surface area contributed by atoms with E-state index < -0.39 is 0 Å². The molecule has 0 aliphatic carbocycles. The van der Waals surface area contributed by atoms with Gasteiger partial charge in [0.2, 0.25) is 0 Å². The summed E-state index contributed by atoms with van der Waals surface area (Å²) in [5.74, 6) is 0.0517. The summed E-state index contributed by atoms with van der Waals surface area (Å²) in [6.45, 7) is 7.17. The van der Waals surface area contributed by atoms with Crippen LogP contribution in [-0.2, 0) is 0 Å². The first kappa shape index (κ1) is 17.5. The molecular formula is C21H27N3O. The Hall–Kier alpha value is -2.36. The fraction of sp³-hybridized carbons (Fsp3) is 0.429. The molecule has 1 aliphatic rings. The second kappa shape index (κ2) is 7.68. The monoisotopic (exact) mass is 337 g/mol. The van der Waals surface area contributed by atoms with Crippen LogP contribution in [0.3, 0.4) is 0 Å². The number of carbonyl (C=O) groups is 1. The van der Waals surface area contributed by atoms with Gasteiger partial charge in [0.25, 0.3) is 5.91 Å². The molecule has 1 amide bonds. The lowest BCUT2D eigenvalue weighted by molar-refractivity contribution is 0.0602. The molecule has 1 aromatic carbocycles. The average Bonchev–Trinajstić information content (AvgIpc) is 2.63. The molecule has 25 heavy (non-hydrogen) atoms. The van der Waals surface area contributed by atoms with Crippen molar-refractivity contribution in [3.05, 3.63) is 53.3 Å². The van der Waals surface area contributed by atoms with Crippen LogP contribution in [0.4, 0.5) is 11.4 Å². The summed E-state index contributed by atoms with van der Waals surface area (Å²) in [5, 5.41) is 3.41. The average molecular weight is 337 g/mol. The number of nitrogens with zero attached hydrogens (tertiary/aromatic N) is 2. The van der Waals surface area contributed by atoms with Gasteiger partial charge in [-0.1, -0.05) is 24.6 Å². The van der Waals surface area contributed by atoms with Crippen LogP contribution in [0.25, 0.3) is 0 Å². The Morgan fingerprint density at radius 3 is 2.84 bits per heavy atom. The van der Waals surface area contributed by atoms with E-state index >= 15 is 0 Å². The molecule has 0 bridgehead atoms. The highest BCUT2D eigenvalue weighted by Gasteiger charge is 2.26. The van der Waals surface area contributed by atoms with Crippen molar-refractivity contribution in [3.8, 4) is 0 Å². The number of rotatable bonds is 4. The number of hydrogen-bond donors (Lipinski definition) is 1. The van der Waals surface area contributed by atoms with Crippen LogP contribution >= 0.6 is 0 Å². The van der Waals surface area contributed by atoms with Gasteiger partial charge in [-0.05, 0) is 63.3 Å². The standard InChI is InChI=1S/C21H27N3O/c1-4-18-7-5-6-12-24(18)21(25)20-14-17(10-11-22-20)23-19-9-8-15(2)13-16(19)3/h8-11,13-14,18H,4-7,12H2,1-3H3,(H,22,23). The number of anilines is 2. The summed E-state index contributed by atoms with van der Waals surface area (Å²) >= 11 is 0. The van der Waals surface area contributed by atoms with Gasteiger partial charge in [0.15, 0.2) is 0 Å². The Kier molecular flexibility index (Phi) is 5.37. The lowest BCUT2D eigenvalue weighted by atomic mass is 9.99. The molecule has 2 heterocycles. The van der Waals surface area contributed by atoms with E-state index in [0.29, 0.717) is 11.7 Å². The van der Waals surface area contributed by atoms with Crippen LogP contribution in [0.5, 0.6) is 0 Å². The van der Waals surface area contributed by atoms with E-state index in [1.54, 1.807) is 6.20 Å². The molecule has 1 aliphatic heterocycles. The van der Waals surface area contributed by atoms with Crippen molar-refractivity contribution >= 4 is 17.3 Å². The summed E-state index contributed by atoms with van der Waals surface area (Å²) in [6.07, 6.45) is 6.12. The van der Waals surface area contributed by atoms with Gasteiger partial charge in [-0.15, -0.1) is 0 Å². The summed E-state index contributed by atoms with van der Waals surface area (Å²) in [6, 6.07) is 10.4. The largest absolute Gasteiger partial charge is 0.355 e. The van der Waals surface area contributed by atoms with Gasteiger partial charge in [0.05, 0.1) is 0 Å². The number of benzene rings is 1. The van der Waals surface area contributed by atoms with Crippen molar-refractivity contribution in [1.82, 2.24) is 9.88 Å². The Morgan fingerprint density at radius 2 is 2.08 bits per heavy atom. The molecule has 0 spiro atoms. The molecule has 4 nitrogen and oxygen atoms in total. The molecule has 2 aromatic rings. The number of pyridine rings is 1. The van der Waals surface area contributed by atoms with Gasteiger partial charge in [0, 0.05) is 30.2 Å². The summed E-state index contributed by atoms with van der Waals surface area (Å²) < 4.78 is 0. The van der Waals surface area contributed by atoms with E-state index in [4.69, 9.17) is 0 Å². The summed E-state index contributed by atoms with van der Waals surface area (Å²) in [5.41, 5.74) is 4.90. The predicted molar refractivity (Wildman–Crippen MR) is 102 cm³/mol. The maximum atomic E-state index is 12.9. The fourth-order valence-corrected chi connectivity index (χ4v) is 3.57. The van der Waals surface area contributed by atoms with Gasteiger partial charge in [-0.2, -0.15) is 0 Å². The highest BCUT2D eigenvalue weighted by Crippen LogP contribution is 2.24. The van der Waals surface area contributed by atoms with Crippen LogP contribution in [0.15, 0.2) is 36.5 Å². The zero-order valence-corrected chi connectivity index (χ0v) is 15.4. The van der Waals surface area contributed by atoms with Crippen molar-refractivity contribution in [2.75, 3.05) is 11.9 Å². The van der Waals surface area contributed by atoms with Gasteiger partial charge >= 0.3 is 0 Å². The molecular weight excluding hydrogens is 310 g/mol. The number of aryl methyl sites for hydroxylation is 2. The van der Waals surface area contributed by atoms with E-state index in [-0.39, 0.29) is 5.91 Å². The van der Waals surface area contributed by atoms with Crippen LogP contribution in [0.1, 0.15) is 54.2 Å². The lowest BCUT2D eigenvalue weighted by Crippen LogP contribution is -2.43. The van der Waals surface area contributed by atoms with Crippen molar-refractivity contribution in [1.29, 1.82) is 0 Å². The van der Waals surface area contributed by atoms with E-state index in [0.717, 1.165) is 37.2 Å². The first-order valence-corrected chi connectivity index (χ1v) is 9.19. The molecule has 1 saturated heterocycles. The van der Waals surface area contributed by atoms with Crippen LogP contribution in [-0.4, -0.2) is 28.4 Å². The maximum Gasteiger partial charge on any atom is 0.272 e. The van der Waals surface area contributed by atoms with Crippen molar-refractivity contribution in [3.63, 3.8) is 0 Å². The van der Waals surface area contributed by atoms with Gasteiger partial charge in [-0.25, -0.2) is 0 Å².